The molecule has 0 aliphatic rings. The van der Waals surface area contributed by atoms with Gasteiger partial charge in [-0.2, -0.15) is 13.2 Å². The summed E-state index contributed by atoms with van der Waals surface area (Å²) in [4.78, 5) is 9.45. The number of benzene rings is 1. The predicted molar refractivity (Wildman–Crippen MR) is 61.5 cm³/mol. The van der Waals surface area contributed by atoms with Gasteiger partial charge in [0.1, 0.15) is 0 Å². The van der Waals surface area contributed by atoms with Crippen molar-refractivity contribution in [2.45, 2.75) is 6.18 Å². The number of hydrogen-bond donors (Lipinski definition) is 0. The van der Waals surface area contributed by atoms with Crippen molar-refractivity contribution < 1.29 is 13.2 Å². The van der Waals surface area contributed by atoms with Crippen molar-refractivity contribution >= 4 is 11.5 Å². The summed E-state index contributed by atoms with van der Waals surface area (Å²) in [6.07, 6.45) is 0.127. The normalized spacial score (nSPS) is 11.3. The highest BCUT2D eigenvalue weighted by Gasteiger charge is 2.30. The Morgan fingerprint density at radius 2 is 1.94 bits per heavy atom. The summed E-state index contributed by atoms with van der Waals surface area (Å²) in [5.74, 6) is 0.483. The maximum Gasteiger partial charge on any atom is 0.416 e. The van der Waals surface area contributed by atoms with Crippen LogP contribution in [0.4, 0.5) is 24.7 Å². The van der Waals surface area contributed by atoms with Crippen LogP contribution < -0.4 is 4.90 Å². The molecule has 6 heteroatoms. The number of nitrogens with zero attached hydrogens (tertiary/aromatic N) is 3. The Morgan fingerprint density at radius 1 is 1.17 bits per heavy atom. The summed E-state index contributed by atoms with van der Waals surface area (Å²) in [5, 5.41) is 0. The molecule has 0 bridgehead atoms. The fourth-order valence-electron chi connectivity index (χ4n) is 1.49. The fraction of sp³-hybridized carbons (Fsp3) is 0.167. The van der Waals surface area contributed by atoms with Gasteiger partial charge in [0.2, 0.25) is 0 Å². The molecular formula is C12H10F3N3. The predicted octanol–water partition coefficient (Wildman–Crippen LogP) is 3.26. The van der Waals surface area contributed by atoms with E-state index in [2.05, 4.69) is 9.97 Å². The smallest absolute Gasteiger partial charge is 0.328 e. The largest absolute Gasteiger partial charge is 0.416 e. The lowest BCUT2D eigenvalue weighted by atomic mass is 10.2. The van der Waals surface area contributed by atoms with Crippen LogP contribution in [0.15, 0.2) is 42.9 Å². The number of hydrogen-bond acceptors (Lipinski definition) is 3. The van der Waals surface area contributed by atoms with E-state index in [1.165, 1.54) is 24.7 Å². The molecule has 0 unspecified atom stereocenters. The van der Waals surface area contributed by atoms with E-state index in [9.17, 15) is 13.2 Å². The Morgan fingerprint density at radius 3 is 2.56 bits per heavy atom. The van der Waals surface area contributed by atoms with Crippen LogP contribution in [0, 0.1) is 0 Å². The zero-order valence-electron chi connectivity index (χ0n) is 9.52. The number of aromatic nitrogens is 2. The molecule has 0 atom stereocenters. The number of anilines is 2. The van der Waals surface area contributed by atoms with Crippen molar-refractivity contribution in [2.24, 2.45) is 0 Å². The van der Waals surface area contributed by atoms with E-state index in [1.54, 1.807) is 18.0 Å². The summed E-state index contributed by atoms with van der Waals surface area (Å²) >= 11 is 0. The van der Waals surface area contributed by atoms with Gasteiger partial charge in [0.15, 0.2) is 5.82 Å². The van der Waals surface area contributed by atoms with Crippen molar-refractivity contribution in [1.29, 1.82) is 0 Å². The Hall–Kier alpha value is -2.11. The molecule has 0 spiro atoms. The zero-order valence-corrected chi connectivity index (χ0v) is 9.52. The molecule has 94 valence electrons. The van der Waals surface area contributed by atoms with E-state index >= 15 is 0 Å². The first-order chi connectivity index (χ1) is 8.48. The number of halogens is 3. The van der Waals surface area contributed by atoms with Crippen LogP contribution in [-0.4, -0.2) is 17.0 Å². The first-order valence-electron chi connectivity index (χ1n) is 5.15. The molecule has 0 radical (unpaired) electrons. The minimum absolute atomic E-state index is 0.408. The second-order valence-corrected chi connectivity index (χ2v) is 3.67. The summed E-state index contributed by atoms with van der Waals surface area (Å²) in [5.41, 5.74) is -0.277. The van der Waals surface area contributed by atoms with Crippen molar-refractivity contribution in [3.63, 3.8) is 0 Å². The molecule has 0 saturated carbocycles. The summed E-state index contributed by atoms with van der Waals surface area (Å²) < 4.78 is 37.8. The Balaban J connectivity index is 2.35. The Kier molecular flexibility index (Phi) is 3.18. The van der Waals surface area contributed by atoms with Gasteiger partial charge in [0.05, 0.1) is 11.8 Å². The lowest BCUT2D eigenvalue weighted by Crippen LogP contribution is -2.13. The minimum Gasteiger partial charge on any atom is -0.328 e. The van der Waals surface area contributed by atoms with E-state index in [-0.39, 0.29) is 0 Å². The number of alkyl halides is 3. The molecule has 0 amide bonds. The molecule has 1 aromatic heterocycles. The Bertz CT molecular complexity index is 526. The topological polar surface area (TPSA) is 29.0 Å². The molecule has 18 heavy (non-hydrogen) atoms. The molecule has 0 N–H and O–H groups in total. The first-order valence-corrected chi connectivity index (χ1v) is 5.15. The van der Waals surface area contributed by atoms with Gasteiger partial charge in [-0.05, 0) is 18.2 Å². The third kappa shape index (κ3) is 2.58. The van der Waals surface area contributed by atoms with Crippen LogP contribution in [-0.2, 0) is 6.18 Å². The van der Waals surface area contributed by atoms with Gasteiger partial charge in [-0.3, -0.25) is 4.98 Å². The van der Waals surface area contributed by atoms with Crippen LogP contribution in [0.5, 0.6) is 0 Å². The second-order valence-electron chi connectivity index (χ2n) is 3.67. The monoisotopic (exact) mass is 253 g/mol. The maximum absolute atomic E-state index is 12.6. The Labute approximate surface area is 102 Å². The average molecular weight is 253 g/mol. The van der Waals surface area contributed by atoms with Crippen LogP contribution in [0.3, 0.4) is 0 Å². The van der Waals surface area contributed by atoms with E-state index in [1.807, 2.05) is 0 Å². The van der Waals surface area contributed by atoms with Crippen molar-refractivity contribution in [3.8, 4) is 0 Å². The summed E-state index contributed by atoms with van der Waals surface area (Å²) in [6.45, 7) is 0. The highest BCUT2D eigenvalue weighted by atomic mass is 19.4. The maximum atomic E-state index is 12.6. The second kappa shape index (κ2) is 4.64. The van der Waals surface area contributed by atoms with E-state index in [4.69, 9.17) is 0 Å². The molecule has 0 fully saturated rings. The SMILES string of the molecule is CN(c1cccc(C(F)(F)F)c1)c1cnccn1. The molecule has 2 rings (SSSR count). The van der Waals surface area contributed by atoms with Crippen molar-refractivity contribution in [2.75, 3.05) is 11.9 Å². The highest BCUT2D eigenvalue weighted by molar-refractivity contribution is 5.59. The first kappa shape index (κ1) is 12.3. The van der Waals surface area contributed by atoms with E-state index < -0.39 is 11.7 Å². The minimum atomic E-state index is -4.35. The quantitative estimate of drug-likeness (QED) is 0.822. The average Bonchev–Trinajstić information content (AvgIpc) is 2.38. The molecule has 0 saturated heterocycles. The third-order valence-corrected chi connectivity index (χ3v) is 2.45. The van der Waals surface area contributed by atoms with E-state index in [0.29, 0.717) is 11.5 Å². The highest BCUT2D eigenvalue weighted by Crippen LogP contribution is 2.32. The van der Waals surface area contributed by atoms with Crippen molar-refractivity contribution in [3.05, 3.63) is 48.4 Å². The molecule has 0 aliphatic carbocycles. The number of rotatable bonds is 2. The van der Waals surface area contributed by atoms with Crippen LogP contribution >= 0.6 is 0 Å². The van der Waals surface area contributed by atoms with Gasteiger partial charge in [-0.25, -0.2) is 4.98 Å². The molecule has 1 aromatic carbocycles. The van der Waals surface area contributed by atoms with Gasteiger partial charge in [0, 0.05) is 25.1 Å². The molecule has 2 aromatic rings. The van der Waals surface area contributed by atoms with Gasteiger partial charge in [-0.15, -0.1) is 0 Å². The van der Waals surface area contributed by atoms with Crippen molar-refractivity contribution in [1.82, 2.24) is 9.97 Å². The van der Waals surface area contributed by atoms with Gasteiger partial charge >= 0.3 is 6.18 Å². The lowest BCUT2D eigenvalue weighted by molar-refractivity contribution is -0.137. The molecular weight excluding hydrogens is 243 g/mol. The summed E-state index contributed by atoms with van der Waals surface area (Å²) in [7, 11) is 1.64. The lowest BCUT2D eigenvalue weighted by Gasteiger charge is -2.19. The van der Waals surface area contributed by atoms with Crippen LogP contribution in [0.25, 0.3) is 0 Å². The molecule has 0 aliphatic heterocycles. The third-order valence-electron chi connectivity index (χ3n) is 2.45. The van der Waals surface area contributed by atoms with Gasteiger partial charge < -0.3 is 4.90 Å². The van der Waals surface area contributed by atoms with E-state index in [0.717, 1.165) is 12.1 Å². The van der Waals surface area contributed by atoms with Crippen LogP contribution in [0.2, 0.25) is 0 Å². The molecule has 3 nitrogen and oxygen atoms in total. The van der Waals surface area contributed by atoms with Gasteiger partial charge in [0.25, 0.3) is 0 Å². The fourth-order valence-corrected chi connectivity index (χ4v) is 1.49. The molecule has 1 heterocycles. The zero-order chi connectivity index (χ0) is 13.2. The van der Waals surface area contributed by atoms with Crippen LogP contribution in [0.1, 0.15) is 5.56 Å². The standard InChI is InChI=1S/C12H10F3N3/c1-18(11-8-16-5-6-17-11)10-4-2-3-9(7-10)12(13,14)15/h2-8H,1H3. The summed E-state index contributed by atoms with van der Waals surface area (Å²) in [6, 6.07) is 5.07. The van der Waals surface area contributed by atoms with Gasteiger partial charge in [-0.1, -0.05) is 6.07 Å².